The third kappa shape index (κ3) is 7.35. The number of hydrogen-bond acceptors (Lipinski definition) is 7. The van der Waals surface area contributed by atoms with E-state index in [-0.39, 0.29) is 36.9 Å². The van der Waals surface area contributed by atoms with Gasteiger partial charge in [0.1, 0.15) is 12.7 Å². The number of halogens is 1. The summed E-state index contributed by atoms with van der Waals surface area (Å²) >= 11 is 6.31. The number of quaternary nitrogens is 1. The monoisotopic (exact) mass is 556 g/mol. The van der Waals surface area contributed by atoms with Gasteiger partial charge in [0.25, 0.3) is 0 Å². The zero-order valence-corrected chi connectivity index (χ0v) is 23.2. The van der Waals surface area contributed by atoms with E-state index in [0.29, 0.717) is 17.3 Å². The molecule has 2 aliphatic heterocycles. The lowest BCUT2D eigenvalue weighted by Crippen LogP contribution is -2.77. The van der Waals surface area contributed by atoms with Crippen LogP contribution in [0.15, 0.2) is 47.6 Å². The highest BCUT2D eigenvalue weighted by molar-refractivity contribution is 6.30. The summed E-state index contributed by atoms with van der Waals surface area (Å²) < 4.78 is 11.2. The van der Waals surface area contributed by atoms with Crippen molar-refractivity contribution in [1.29, 1.82) is 0 Å². The molecule has 3 atom stereocenters. The fourth-order valence-electron chi connectivity index (χ4n) is 4.75. The molecule has 208 valence electrons. The van der Waals surface area contributed by atoms with Crippen molar-refractivity contribution in [3.05, 3.63) is 64.2 Å². The predicted molar refractivity (Wildman–Crippen MR) is 147 cm³/mol. The van der Waals surface area contributed by atoms with Crippen LogP contribution in [0.4, 0.5) is 10.5 Å². The number of carbonyl (C=O) groups is 3. The smallest absolute Gasteiger partial charge is 0.330 e. The minimum absolute atomic E-state index is 0.0536. The lowest BCUT2D eigenvalue weighted by Gasteiger charge is -2.34. The summed E-state index contributed by atoms with van der Waals surface area (Å²) in [6.45, 7) is 2.91. The molecular formula is C28H35ClN5O5+. The number of nitrogens with two attached hydrogens (primary N) is 1. The maximum Gasteiger partial charge on any atom is 0.330 e. The van der Waals surface area contributed by atoms with Gasteiger partial charge in [-0.15, -0.1) is 0 Å². The van der Waals surface area contributed by atoms with Gasteiger partial charge in [0.05, 0.1) is 50.6 Å². The van der Waals surface area contributed by atoms with E-state index in [0.717, 1.165) is 41.0 Å². The van der Waals surface area contributed by atoms with Crippen molar-refractivity contribution < 1.29 is 29.2 Å². The Kier molecular flexibility index (Phi) is 9.55. The first-order valence-electron chi connectivity index (χ1n) is 13.1. The van der Waals surface area contributed by atoms with Crippen LogP contribution in [-0.4, -0.2) is 62.1 Å². The fourth-order valence-corrected chi connectivity index (χ4v) is 5.01. The molecule has 11 heteroatoms. The molecule has 0 spiro atoms. The third-order valence-corrected chi connectivity index (χ3v) is 6.89. The number of carbonyl (C=O) groups excluding carboxylic acids is 3. The lowest BCUT2D eigenvalue weighted by molar-refractivity contribution is -0.643. The topological polar surface area (TPSA) is 117 Å². The van der Waals surface area contributed by atoms with E-state index >= 15 is 0 Å². The zero-order chi connectivity index (χ0) is 27.9. The zero-order valence-electron chi connectivity index (χ0n) is 22.4. The number of nitrogens with one attached hydrogen (secondary N) is 1. The van der Waals surface area contributed by atoms with E-state index in [1.165, 1.54) is 0 Å². The quantitative estimate of drug-likeness (QED) is 0.264. The number of amides is 3. The van der Waals surface area contributed by atoms with Gasteiger partial charge >= 0.3 is 12.0 Å². The highest BCUT2D eigenvalue weighted by atomic mass is 35.5. The van der Waals surface area contributed by atoms with Crippen LogP contribution in [0.5, 0.6) is 0 Å². The van der Waals surface area contributed by atoms with Crippen molar-refractivity contribution in [3.63, 3.8) is 0 Å². The Morgan fingerprint density at radius 3 is 2.69 bits per heavy atom. The average Bonchev–Trinajstić information content (AvgIpc) is 3.37. The van der Waals surface area contributed by atoms with Crippen molar-refractivity contribution in [1.82, 2.24) is 10.3 Å². The first-order chi connectivity index (χ1) is 18.8. The second-order valence-electron chi connectivity index (χ2n) is 9.63. The molecule has 3 amide bonds. The van der Waals surface area contributed by atoms with Gasteiger partial charge in [-0.3, -0.25) is 14.6 Å². The first kappa shape index (κ1) is 28.5. The number of nitrogens with zero attached hydrogens (tertiary/aromatic N) is 3. The Bertz CT molecular complexity index is 1200. The van der Waals surface area contributed by atoms with Crippen LogP contribution >= 0.6 is 11.6 Å². The van der Waals surface area contributed by atoms with Gasteiger partial charge in [-0.2, -0.15) is 5.10 Å². The Morgan fingerprint density at radius 2 is 2.00 bits per heavy atom. The van der Waals surface area contributed by atoms with Gasteiger partial charge in [-0.25, -0.2) is 9.69 Å². The summed E-state index contributed by atoms with van der Waals surface area (Å²) in [5, 5.41) is 11.7. The standard InChI is InChI=1S/C28H34ClN5O5/c1-4-38-27(36)13-18-5-7-22(8-6-18)34-26(35)15-25(32-28(34)37)33(3)31-17-23-9-10-24(39-23)20-11-19(16-30-2)12-21(29)14-20/h5-8,11-12,14,17,23-25,30H,4,9-10,13,15-16H2,1-3H3,(H,32,37)/p+1. The predicted octanol–water partition coefficient (Wildman–Crippen LogP) is 2.75. The van der Waals surface area contributed by atoms with Gasteiger partial charge in [-0.1, -0.05) is 23.7 Å². The minimum Gasteiger partial charge on any atom is -0.466 e. The van der Waals surface area contributed by atoms with Crippen LogP contribution in [-0.2, 0) is 32.0 Å². The molecule has 2 aromatic rings. The maximum absolute atomic E-state index is 12.9. The van der Waals surface area contributed by atoms with Crippen LogP contribution in [0.1, 0.15) is 49.0 Å². The molecule has 2 aliphatic rings. The first-order valence-corrected chi connectivity index (χ1v) is 13.5. The second-order valence-corrected chi connectivity index (χ2v) is 10.1. The van der Waals surface area contributed by atoms with Gasteiger partial charge in [0, 0.05) is 17.6 Å². The van der Waals surface area contributed by atoms with Gasteiger partial charge < -0.3 is 20.1 Å². The summed E-state index contributed by atoms with van der Waals surface area (Å²) in [6, 6.07) is 12.2. The molecule has 0 saturated carbocycles. The maximum atomic E-state index is 12.9. The normalized spacial score (nSPS) is 21.3. The van der Waals surface area contributed by atoms with Crippen molar-refractivity contribution in [2.24, 2.45) is 5.10 Å². The van der Waals surface area contributed by atoms with Crippen LogP contribution in [0, 0.1) is 0 Å². The number of rotatable bonds is 10. The van der Waals surface area contributed by atoms with Crippen molar-refractivity contribution in [3.8, 4) is 0 Å². The number of hydrazone groups is 1. The molecule has 0 aromatic heterocycles. The number of benzene rings is 2. The highest BCUT2D eigenvalue weighted by Gasteiger charge is 2.35. The number of imide groups is 1. The van der Waals surface area contributed by atoms with Crippen LogP contribution < -0.4 is 15.5 Å². The molecule has 0 aliphatic carbocycles. The second kappa shape index (κ2) is 13.1. The number of anilines is 1. The third-order valence-electron chi connectivity index (χ3n) is 6.67. The summed E-state index contributed by atoms with van der Waals surface area (Å²) in [5.74, 6) is -0.673. The van der Waals surface area contributed by atoms with Crippen LogP contribution in [0.25, 0.3) is 0 Å². The molecule has 10 nitrogen and oxygen atoms in total. The van der Waals surface area contributed by atoms with E-state index in [1.807, 2.05) is 19.2 Å². The van der Waals surface area contributed by atoms with E-state index in [9.17, 15) is 14.4 Å². The minimum atomic E-state index is -0.585. The Hall–Kier alpha value is -3.47. The van der Waals surface area contributed by atoms with Gasteiger partial charge in [0.2, 0.25) is 5.91 Å². The summed E-state index contributed by atoms with van der Waals surface area (Å²) in [6.07, 6.45) is 2.73. The average molecular weight is 557 g/mol. The number of esters is 1. The molecule has 3 unspecified atom stereocenters. The molecule has 2 fully saturated rings. The molecule has 0 radical (unpaired) electrons. The molecule has 2 aromatic carbocycles. The van der Waals surface area contributed by atoms with E-state index in [1.54, 1.807) is 49.5 Å². The Morgan fingerprint density at radius 1 is 1.23 bits per heavy atom. The molecule has 39 heavy (non-hydrogen) atoms. The summed E-state index contributed by atoms with van der Waals surface area (Å²) in [7, 11) is 3.73. The SMILES string of the molecule is CCOC(=O)Cc1ccc(N2C(=O)CC(N(C)N=CC3CCC(c4cc(Cl)cc(C[NH2+]C)c4)O3)NC2=O)cc1. The van der Waals surface area contributed by atoms with Crippen LogP contribution in [0.3, 0.4) is 0 Å². The van der Waals surface area contributed by atoms with E-state index in [4.69, 9.17) is 21.1 Å². The number of urea groups is 1. The molecule has 2 saturated heterocycles. The van der Waals surface area contributed by atoms with Crippen molar-refractivity contribution in [2.45, 2.75) is 57.5 Å². The molecule has 3 N–H and O–H groups in total. The molecule has 2 heterocycles. The summed E-state index contributed by atoms with van der Waals surface area (Å²) in [5.41, 5.74) is 3.38. The van der Waals surface area contributed by atoms with Crippen LogP contribution in [0.2, 0.25) is 5.02 Å². The fraction of sp³-hybridized carbons (Fsp3) is 0.429. The Balaban J connectivity index is 1.32. The molecule has 0 bridgehead atoms. The molecular weight excluding hydrogens is 522 g/mol. The summed E-state index contributed by atoms with van der Waals surface area (Å²) in [4.78, 5) is 38.5. The largest absolute Gasteiger partial charge is 0.466 e. The number of ether oxygens (including phenoxy) is 2. The molecule has 4 rings (SSSR count). The van der Waals surface area contributed by atoms with Crippen molar-refractivity contribution >= 4 is 41.4 Å². The van der Waals surface area contributed by atoms with E-state index < -0.39 is 12.2 Å². The van der Waals surface area contributed by atoms with Gasteiger partial charge in [-0.05, 0) is 61.2 Å². The number of hydrogen-bond donors (Lipinski definition) is 2. The highest BCUT2D eigenvalue weighted by Crippen LogP contribution is 2.34. The van der Waals surface area contributed by atoms with E-state index in [2.05, 4.69) is 21.8 Å². The van der Waals surface area contributed by atoms with Gasteiger partial charge in [0.15, 0.2) is 0 Å². The lowest BCUT2D eigenvalue weighted by atomic mass is 10.0. The Labute approximate surface area is 233 Å². The van der Waals surface area contributed by atoms with Crippen molar-refractivity contribution in [2.75, 3.05) is 25.6 Å².